The van der Waals surface area contributed by atoms with E-state index in [2.05, 4.69) is 58.3 Å². The zero-order valence-corrected chi connectivity index (χ0v) is 36.9. The molecule has 0 unspecified atom stereocenters. The quantitative estimate of drug-likeness (QED) is 0.135. The summed E-state index contributed by atoms with van der Waals surface area (Å²) >= 11 is 0. The summed E-state index contributed by atoms with van der Waals surface area (Å²) in [6.07, 6.45) is 7.29. The Morgan fingerprint density at radius 3 is 1.44 bits per heavy atom. The molecule has 4 heterocycles. The fourth-order valence-electron chi connectivity index (χ4n) is 9.70. The lowest BCUT2D eigenvalue weighted by atomic mass is 9.90. The normalized spacial score (nSPS) is 21.1. The van der Waals surface area contributed by atoms with Gasteiger partial charge < -0.3 is 28.9 Å². The van der Waals surface area contributed by atoms with E-state index in [9.17, 15) is 19.2 Å². The Balaban J connectivity index is 0.000000193. The molecule has 0 radical (unpaired) electrons. The van der Waals surface area contributed by atoms with Gasteiger partial charge in [-0.05, 0) is 93.7 Å². The number of esters is 2. The van der Waals surface area contributed by atoms with Crippen molar-refractivity contribution in [1.82, 2.24) is 9.80 Å². The van der Waals surface area contributed by atoms with Crippen molar-refractivity contribution < 1.29 is 33.4 Å². The average molecular weight is 843 g/mol. The molecule has 0 saturated carbocycles. The zero-order valence-electron chi connectivity index (χ0n) is 36.9. The Morgan fingerprint density at radius 1 is 0.565 bits per heavy atom. The number of hydrogen-bond acceptors (Lipinski definition) is 9. The van der Waals surface area contributed by atoms with Crippen LogP contribution in [0.15, 0.2) is 109 Å². The van der Waals surface area contributed by atoms with Crippen LogP contribution in [0.25, 0.3) is 0 Å². The minimum absolute atomic E-state index is 0.0524. The van der Waals surface area contributed by atoms with Crippen LogP contribution < -0.4 is 9.80 Å². The molecule has 4 aliphatic heterocycles. The second-order valence-corrected chi connectivity index (χ2v) is 17.8. The van der Waals surface area contributed by atoms with E-state index in [4.69, 9.17) is 14.2 Å². The molecule has 4 aliphatic rings. The van der Waals surface area contributed by atoms with E-state index < -0.39 is 29.7 Å². The van der Waals surface area contributed by atoms with Crippen LogP contribution in [-0.4, -0.2) is 104 Å². The molecule has 0 aromatic heterocycles. The molecule has 8 rings (SSSR count). The topological polar surface area (TPSA) is 109 Å². The summed E-state index contributed by atoms with van der Waals surface area (Å²) in [6.45, 7) is 8.31. The molecule has 4 aromatic carbocycles. The number of methoxy groups -OCH3 is 2. The summed E-state index contributed by atoms with van der Waals surface area (Å²) in [6, 6.07) is 35.6. The molecule has 0 bridgehead atoms. The molecule has 328 valence electrons. The van der Waals surface area contributed by atoms with Gasteiger partial charge in [-0.1, -0.05) is 97.1 Å². The van der Waals surface area contributed by atoms with E-state index >= 15 is 0 Å². The molecule has 0 N–H and O–H groups in total. The second-order valence-electron chi connectivity index (χ2n) is 17.8. The van der Waals surface area contributed by atoms with Crippen molar-refractivity contribution in [2.75, 3.05) is 50.2 Å². The van der Waals surface area contributed by atoms with E-state index in [1.54, 1.807) is 4.90 Å². The lowest BCUT2D eigenvalue weighted by Gasteiger charge is -2.32. The van der Waals surface area contributed by atoms with E-state index in [0.29, 0.717) is 25.9 Å². The van der Waals surface area contributed by atoms with Crippen LogP contribution in [0.3, 0.4) is 0 Å². The monoisotopic (exact) mass is 842 g/mol. The van der Waals surface area contributed by atoms with Gasteiger partial charge >= 0.3 is 18.0 Å². The Bertz CT molecular complexity index is 2120. The molecule has 0 aliphatic carbocycles. The van der Waals surface area contributed by atoms with Gasteiger partial charge in [-0.2, -0.15) is 0 Å². The number of hydrogen-bond donors (Lipinski definition) is 0. The number of aryl methyl sites for hydroxylation is 2. The van der Waals surface area contributed by atoms with Crippen LogP contribution >= 0.6 is 0 Å². The molecule has 4 atom stereocenters. The molecule has 2 fully saturated rings. The standard InChI is InChI=1S/C30H32N2O3.C21H30N2O4/c1-35-30(34)27-20-25(31-19-11-10-13-22-12-8-9-18-26(22)31)21-32(27)29(33)28(23-14-4-2-5-15-23)24-16-6-3-7-17-24;1-21(2,3)27-20(25)23-14-16(13-18(23)19(24)26-4)22-12-8-7-10-15-9-5-6-11-17(15)22/h2-9,12,14-18,25,27-28H,10-11,13,19-21H2,1H3;5-6,9,11,16,18H,7-8,10,12-14H2,1-4H3/t25-,27-;16-,18-/m00/s1. The van der Waals surface area contributed by atoms with Crippen LogP contribution in [0.5, 0.6) is 0 Å². The van der Waals surface area contributed by atoms with Gasteiger partial charge in [-0.15, -0.1) is 0 Å². The van der Waals surface area contributed by atoms with Gasteiger partial charge in [0.05, 0.1) is 20.1 Å². The Kier molecular flexibility index (Phi) is 14.2. The number of benzene rings is 4. The number of rotatable bonds is 7. The molecule has 11 nitrogen and oxygen atoms in total. The lowest BCUT2D eigenvalue weighted by Crippen LogP contribution is -2.44. The molecule has 62 heavy (non-hydrogen) atoms. The maximum atomic E-state index is 14.2. The number of amides is 2. The fourth-order valence-corrected chi connectivity index (χ4v) is 9.70. The maximum absolute atomic E-state index is 14.2. The van der Waals surface area contributed by atoms with Crippen molar-refractivity contribution in [3.05, 3.63) is 131 Å². The van der Waals surface area contributed by atoms with Gasteiger partial charge in [0.25, 0.3) is 0 Å². The van der Waals surface area contributed by atoms with Gasteiger partial charge in [0.1, 0.15) is 17.7 Å². The number of anilines is 2. The average Bonchev–Trinajstić information content (AvgIpc) is 3.80. The van der Waals surface area contributed by atoms with Crippen molar-refractivity contribution in [3.8, 4) is 0 Å². The number of fused-ring (bicyclic) bond motifs is 2. The third-order valence-electron chi connectivity index (χ3n) is 12.6. The molecule has 0 spiro atoms. The predicted molar refractivity (Wildman–Crippen MR) is 241 cm³/mol. The van der Waals surface area contributed by atoms with Gasteiger partial charge in [0.2, 0.25) is 5.91 Å². The number of nitrogens with zero attached hydrogens (tertiary/aromatic N) is 4. The highest BCUT2D eigenvalue weighted by molar-refractivity contribution is 5.92. The van der Waals surface area contributed by atoms with E-state index in [-0.39, 0.29) is 29.9 Å². The minimum atomic E-state index is -0.606. The van der Waals surface area contributed by atoms with Crippen molar-refractivity contribution in [3.63, 3.8) is 0 Å². The van der Waals surface area contributed by atoms with Crippen LogP contribution in [0.4, 0.5) is 16.2 Å². The van der Waals surface area contributed by atoms with Crippen molar-refractivity contribution in [1.29, 1.82) is 0 Å². The van der Waals surface area contributed by atoms with Gasteiger partial charge in [0.15, 0.2) is 0 Å². The molecule has 2 amide bonds. The fraction of sp³-hybridized carbons (Fsp3) is 0.451. The highest BCUT2D eigenvalue weighted by atomic mass is 16.6. The highest BCUT2D eigenvalue weighted by Gasteiger charge is 2.46. The van der Waals surface area contributed by atoms with E-state index in [1.807, 2.05) is 81.4 Å². The first kappa shape index (κ1) is 44.2. The number of carbonyl (C=O) groups excluding carboxylic acids is 4. The van der Waals surface area contributed by atoms with Crippen molar-refractivity contribution >= 4 is 35.3 Å². The maximum Gasteiger partial charge on any atom is 0.411 e. The Hall–Kier alpha value is -5.84. The van der Waals surface area contributed by atoms with Gasteiger partial charge in [-0.25, -0.2) is 14.4 Å². The number of carbonyl (C=O) groups is 4. The van der Waals surface area contributed by atoms with E-state index in [0.717, 1.165) is 62.7 Å². The molecule has 4 aromatic rings. The Morgan fingerprint density at radius 2 is 0.984 bits per heavy atom. The zero-order chi connectivity index (χ0) is 43.8. The first-order valence-electron chi connectivity index (χ1n) is 22.2. The summed E-state index contributed by atoms with van der Waals surface area (Å²) < 4.78 is 15.7. The van der Waals surface area contributed by atoms with Crippen LogP contribution in [-0.2, 0) is 41.4 Å². The summed E-state index contributed by atoms with van der Waals surface area (Å²) in [7, 11) is 2.77. The van der Waals surface area contributed by atoms with Crippen molar-refractivity contribution in [2.24, 2.45) is 0 Å². The summed E-state index contributed by atoms with van der Waals surface area (Å²) in [5.41, 5.74) is 6.37. The third-order valence-corrected chi connectivity index (χ3v) is 12.6. The smallest absolute Gasteiger partial charge is 0.411 e. The summed E-state index contributed by atoms with van der Waals surface area (Å²) in [5, 5.41) is 0. The molecular weight excluding hydrogens is 781 g/mol. The summed E-state index contributed by atoms with van der Waals surface area (Å²) in [4.78, 5) is 60.3. The van der Waals surface area contributed by atoms with Gasteiger partial charge in [0, 0.05) is 62.5 Å². The third kappa shape index (κ3) is 10.1. The van der Waals surface area contributed by atoms with Crippen molar-refractivity contribution in [2.45, 2.75) is 108 Å². The first-order valence-corrected chi connectivity index (χ1v) is 22.2. The van der Waals surface area contributed by atoms with Crippen LogP contribution in [0.1, 0.15) is 87.5 Å². The lowest BCUT2D eigenvalue weighted by molar-refractivity contribution is -0.151. The number of para-hydroxylation sites is 2. The SMILES string of the molecule is COC(=O)[C@@H]1C[C@H](N2CCCCc3ccccc32)CN1C(=O)C(c1ccccc1)c1ccccc1.COC(=O)[C@@H]1C[C@H](N2CCCCc3ccccc32)CN1C(=O)OC(C)(C)C. The number of ether oxygens (including phenoxy) is 3. The molecule has 2 saturated heterocycles. The Labute approximate surface area is 366 Å². The second kappa shape index (κ2) is 19.9. The minimum Gasteiger partial charge on any atom is -0.467 e. The highest BCUT2D eigenvalue weighted by Crippen LogP contribution is 2.37. The number of likely N-dealkylation sites (tertiary alicyclic amines) is 2. The summed E-state index contributed by atoms with van der Waals surface area (Å²) in [5.74, 6) is -1.25. The largest absolute Gasteiger partial charge is 0.467 e. The molecular formula is C51H62N4O7. The van der Waals surface area contributed by atoms with Gasteiger partial charge in [-0.3, -0.25) is 9.69 Å². The first-order chi connectivity index (χ1) is 30.0. The van der Waals surface area contributed by atoms with Crippen LogP contribution in [0, 0.1) is 0 Å². The van der Waals surface area contributed by atoms with E-state index in [1.165, 1.54) is 41.6 Å². The molecule has 11 heteroatoms. The van der Waals surface area contributed by atoms with Crippen LogP contribution in [0.2, 0.25) is 0 Å². The predicted octanol–water partition coefficient (Wildman–Crippen LogP) is 8.18.